The molecule has 1 amide bonds. The highest BCUT2D eigenvalue weighted by molar-refractivity contribution is 8.00. The number of fused-ring (bicyclic) bond motifs is 1. The van der Waals surface area contributed by atoms with E-state index in [1.165, 1.54) is 24.6 Å². The first-order valence-electron chi connectivity index (χ1n) is 9.87. The summed E-state index contributed by atoms with van der Waals surface area (Å²) in [4.78, 5) is 21.1. The van der Waals surface area contributed by atoms with Gasteiger partial charge in [-0.1, -0.05) is 54.9 Å². The molecule has 2 aromatic carbocycles. The highest BCUT2D eigenvalue weighted by Crippen LogP contribution is 2.36. The number of hydrogen-bond acceptors (Lipinski definition) is 4. The number of thioether (sulfide) groups is 1. The molecule has 4 rings (SSSR count). The van der Waals surface area contributed by atoms with Gasteiger partial charge in [0.2, 0.25) is 5.91 Å². The molecule has 1 unspecified atom stereocenters. The van der Waals surface area contributed by atoms with Crippen molar-refractivity contribution in [1.82, 2.24) is 15.3 Å². The number of amides is 1. The Hall–Kier alpha value is -2.47. The van der Waals surface area contributed by atoms with Crippen LogP contribution in [0, 0.1) is 0 Å². The normalized spacial score (nSPS) is 15.6. The van der Waals surface area contributed by atoms with Gasteiger partial charge in [-0.15, -0.1) is 0 Å². The van der Waals surface area contributed by atoms with Crippen molar-refractivity contribution in [2.45, 2.75) is 49.1 Å². The zero-order chi connectivity index (χ0) is 19.3. The van der Waals surface area contributed by atoms with Crippen LogP contribution < -0.4 is 10.1 Å². The first kappa shape index (κ1) is 18.9. The van der Waals surface area contributed by atoms with Crippen LogP contribution in [0.15, 0.2) is 53.7 Å². The monoisotopic (exact) mass is 395 g/mol. The summed E-state index contributed by atoms with van der Waals surface area (Å²) in [5.41, 5.74) is 2.77. The minimum absolute atomic E-state index is 0.0542. The van der Waals surface area contributed by atoms with Crippen LogP contribution in [-0.2, 0) is 4.79 Å². The van der Waals surface area contributed by atoms with Crippen molar-refractivity contribution in [3.05, 3.63) is 54.1 Å². The van der Waals surface area contributed by atoms with Crippen molar-refractivity contribution < 1.29 is 9.53 Å². The van der Waals surface area contributed by atoms with Crippen LogP contribution in [0.4, 0.5) is 0 Å². The highest BCUT2D eigenvalue weighted by Gasteiger charge is 2.26. The molecule has 1 saturated carbocycles. The Kier molecular flexibility index (Phi) is 5.86. The molecule has 0 saturated heterocycles. The molecule has 1 aliphatic rings. The molecule has 1 aliphatic carbocycles. The fraction of sp³-hybridized carbons (Fsp3) is 0.364. The number of benzene rings is 2. The Morgan fingerprint density at radius 2 is 2.04 bits per heavy atom. The standard InChI is InChI=1S/C22H25N3O2S/c1-2-27-17-12-13-18-19(14-17)25-22(24-18)28-20(15-8-4-3-5-9-15)21(26)23-16-10-6-7-11-16/h3-5,8-9,12-14,16,20H,2,6-7,10-11H2,1H3,(H,23,26)(H,24,25). The first-order chi connectivity index (χ1) is 13.7. The van der Waals surface area contributed by atoms with E-state index in [-0.39, 0.29) is 11.2 Å². The fourth-order valence-corrected chi connectivity index (χ4v) is 4.65. The number of hydrogen-bond donors (Lipinski definition) is 2. The number of rotatable bonds is 7. The van der Waals surface area contributed by atoms with Gasteiger partial charge in [-0.2, -0.15) is 0 Å². The molecule has 6 heteroatoms. The van der Waals surface area contributed by atoms with Crippen molar-refractivity contribution in [1.29, 1.82) is 0 Å². The minimum atomic E-state index is -0.339. The van der Waals surface area contributed by atoms with Gasteiger partial charge in [-0.05, 0) is 37.5 Å². The van der Waals surface area contributed by atoms with Crippen molar-refractivity contribution in [3.8, 4) is 5.75 Å². The van der Waals surface area contributed by atoms with Crippen LogP contribution >= 0.6 is 11.8 Å². The average molecular weight is 396 g/mol. The average Bonchev–Trinajstić information content (AvgIpc) is 3.36. The second kappa shape index (κ2) is 8.69. The summed E-state index contributed by atoms with van der Waals surface area (Å²) in [6.45, 7) is 2.59. The molecule has 1 aromatic heterocycles. The number of aromatic nitrogens is 2. The molecule has 0 aliphatic heterocycles. The molecular formula is C22H25N3O2S. The van der Waals surface area contributed by atoms with E-state index in [1.807, 2.05) is 55.5 Å². The van der Waals surface area contributed by atoms with Crippen LogP contribution in [0.5, 0.6) is 5.75 Å². The lowest BCUT2D eigenvalue weighted by atomic mass is 10.1. The largest absolute Gasteiger partial charge is 0.494 e. The zero-order valence-corrected chi connectivity index (χ0v) is 16.8. The lowest BCUT2D eigenvalue weighted by Gasteiger charge is -2.19. The van der Waals surface area contributed by atoms with Gasteiger partial charge >= 0.3 is 0 Å². The van der Waals surface area contributed by atoms with E-state index >= 15 is 0 Å². The van der Waals surface area contributed by atoms with Gasteiger partial charge in [0.05, 0.1) is 17.6 Å². The highest BCUT2D eigenvalue weighted by atomic mass is 32.2. The summed E-state index contributed by atoms with van der Waals surface area (Å²) in [5, 5.41) is 3.63. The van der Waals surface area contributed by atoms with E-state index in [1.54, 1.807) is 0 Å². The summed E-state index contributed by atoms with van der Waals surface area (Å²) in [5.74, 6) is 0.868. The molecule has 0 spiro atoms. The number of nitrogens with one attached hydrogen (secondary N) is 2. The number of carbonyl (C=O) groups excluding carboxylic acids is 1. The summed E-state index contributed by atoms with van der Waals surface area (Å²) in [6.07, 6.45) is 4.53. The number of imidazole rings is 1. The van der Waals surface area contributed by atoms with E-state index in [9.17, 15) is 4.79 Å². The third-order valence-electron chi connectivity index (χ3n) is 5.01. The van der Waals surface area contributed by atoms with Crippen molar-refractivity contribution in [3.63, 3.8) is 0 Å². The molecule has 2 N–H and O–H groups in total. The number of H-pyrrole nitrogens is 1. The lowest BCUT2D eigenvalue weighted by molar-refractivity contribution is -0.121. The molecule has 5 nitrogen and oxygen atoms in total. The Morgan fingerprint density at radius 3 is 2.79 bits per heavy atom. The van der Waals surface area contributed by atoms with Gasteiger partial charge < -0.3 is 15.0 Å². The number of nitrogens with zero attached hydrogens (tertiary/aromatic N) is 1. The van der Waals surface area contributed by atoms with Gasteiger partial charge in [0.15, 0.2) is 5.16 Å². The Balaban J connectivity index is 1.57. The van der Waals surface area contributed by atoms with Crippen molar-refractivity contribution in [2.75, 3.05) is 6.61 Å². The maximum atomic E-state index is 13.1. The molecule has 28 heavy (non-hydrogen) atoms. The predicted octanol–water partition coefficient (Wildman–Crippen LogP) is 4.85. The topological polar surface area (TPSA) is 67.0 Å². The molecule has 0 radical (unpaired) electrons. The van der Waals surface area contributed by atoms with Crippen LogP contribution in [0.1, 0.15) is 43.4 Å². The molecule has 1 atom stereocenters. The summed E-state index contributed by atoms with van der Waals surface area (Å²) < 4.78 is 5.57. The van der Waals surface area contributed by atoms with Gasteiger partial charge in [0, 0.05) is 12.1 Å². The molecule has 146 valence electrons. The van der Waals surface area contributed by atoms with Crippen molar-refractivity contribution in [2.24, 2.45) is 0 Å². The van der Waals surface area contributed by atoms with Gasteiger partial charge in [-0.25, -0.2) is 4.98 Å². The number of ether oxygens (including phenoxy) is 1. The van der Waals surface area contributed by atoms with E-state index in [4.69, 9.17) is 4.74 Å². The van der Waals surface area contributed by atoms with Gasteiger partial charge in [0.1, 0.15) is 11.0 Å². The minimum Gasteiger partial charge on any atom is -0.494 e. The smallest absolute Gasteiger partial charge is 0.238 e. The SMILES string of the molecule is CCOc1ccc2nc(SC(C(=O)NC3CCCC3)c3ccccc3)[nH]c2c1. The first-order valence-corrected chi connectivity index (χ1v) is 10.8. The molecule has 3 aromatic rings. The maximum Gasteiger partial charge on any atom is 0.238 e. The summed E-state index contributed by atoms with van der Waals surface area (Å²) in [6, 6.07) is 16.0. The maximum absolute atomic E-state index is 13.1. The fourth-order valence-electron chi connectivity index (χ4n) is 3.64. The van der Waals surface area contributed by atoms with Gasteiger partial charge in [-0.3, -0.25) is 4.79 Å². The van der Waals surface area contributed by atoms with E-state index in [0.717, 1.165) is 40.3 Å². The van der Waals surface area contributed by atoms with Gasteiger partial charge in [0.25, 0.3) is 0 Å². The Labute approximate surface area is 169 Å². The third kappa shape index (κ3) is 4.33. The third-order valence-corrected chi connectivity index (χ3v) is 6.15. The van der Waals surface area contributed by atoms with Crippen molar-refractivity contribution >= 4 is 28.7 Å². The predicted molar refractivity (Wildman–Crippen MR) is 113 cm³/mol. The summed E-state index contributed by atoms with van der Waals surface area (Å²) in [7, 11) is 0. The van der Waals surface area contributed by atoms with Crippen LogP contribution in [0.25, 0.3) is 11.0 Å². The van der Waals surface area contributed by atoms with Crippen LogP contribution in [-0.4, -0.2) is 28.5 Å². The molecule has 0 bridgehead atoms. The van der Waals surface area contributed by atoms with Crippen LogP contribution in [0.3, 0.4) is 0 Å². The Bertz CT molecular complexity index is 935. The quantitative estimate of drug-likeness (QED) is 0.561. The van der Waals surface area contributed by atoms with E-state index < -0.39 is 0 Å². The number of carbonyl (C=O) groups is 1. The zero-order valence-electron chi connectivity index (χ0n) is 16.0. The molecule has 1 heterocycles. The lowest BCUT2D eigenvalue weighted by Crippen LogP contribution is -2.35. The molecule has 1 fully saturated rings. The van der Waals surface area contributed by atoms with E-state index in [0.29, 0.717) is 12.6 Å². The second-order valence-corrected chi connectivity index (χ2v) is 8.15. The number of aromatic amines is 1. The molecular weight excluding hydrogens is 370 g/mol. The second-order valence-electron chi connectivity index (χ2n) is 7.05. The van der Waals surface area contributed by atoms with Crippen LogP contribution in [0.2, 0.25) is 0 Å². The van der Waals surface area contributed by atoms with E-state index in [2.05, 4.69) is 15.3 Å². The Morgan fingerprint density at radius 1 is 1.25 bits per heavy atom. The summed E-state index contributed by atoms with van der Waals surface area (Å²) >= 11 is 1.46.